The number of nitrogens with two attached hydrogens (primary N) is 1. The van der Waals surface area contributed by atoms with Crippen molar-refractivity contribution in [1.29, 1.82) is 0 Å². The molecule has 0 amide bonds. The van der Waals surface area contributed by atoms with Crippen LogP contribution in [0.3, 0.4) is 0 Å². The van der Waals surface area contributed by atoms with E-state index in [4.69, 9.17) is 5.73 Å². The number of hydrogen-bond donors (Lipinski definition) is 1. The van der Waals surface area contributed by atoms with Crippen LogP contribution in [0.25, 0.3) is 0 Å². The predicted octanol–water partition coefficient (Wildman–Crippen LogP) is 2.31. The van der Waals surface area contributed by atoms with E-state index in [2.05, 4.69) is 57.0 Å². The summed E-state index contributed by atoms with van der Waals surface area (Å²) in [5.74, 6) is 0. The van der Waals surface area contributed by atoms with Gasteiger partial charge in [-0.3, -0.25) is 0 Å². The molecule has 0 saturated carbocycles. The first-order valence-electron chi connectivity index (χ1n) is 6.62. The molecule has 100 valence electrons. The zero-order chi connectivity index (χ0) is 13.0. The highest BCUT2D eigenvalue weighted by Crippen LogP contribution is 2.29. The van der Waals surface area contributed by atoms with E-state index >= 15 is 0 Å². The Hall–Kier alpha value is -0.580. The fourth-order valence-corrected chi connectivity index (χ4v) is 3.20. The van der Waals surface area contributed by atoms with Gasteiger partial charge in [0, 0.05) is 23.6 Å². The van der Waals surface area contributed by atoms with E-state index in [-0.39, 0.29) is 0 Å². The lowest BCUT2D eigenvalue weighted by molar-refractivity contribution is 0.326. The Morgan fingerprint density at radius 2 is 2.11 bits per heavy atom. The second kappa shape index (κ2) is 6.55. The van der Waals surface area contributed by atoms with Crippen LogP contribution in [0.1, 0.15) is 12.8 Å². The predicted molar refractivity (Wildman–Crippen MR) is 81.1 cm³/mol. The molecule has 0 aromatic heterocycles. The highest BCUT2D eigenvalue weighted by molar-refractivity contribution is 9.10. The Morgan fingerprint density at radius 3 is 2.83 bits per heavy atom. The van der Waals surface area contributed by atoms with E-state index in [1.54, 1.807) is 0 Å². The van der Waals surface area contributed by atoms with Gasteiger partial charge >= 0.3 is 0 Å². The zero-order valence-electron chi connectivity index (χ0n) is 11.0. The van der Waals surface area contributed by atoms with Gasteiger partial charge in [-0.1, -0.05) is 12.1 Å². The van der Waals surface area contributed by atoms with Gasteiger partial charge in [0.25, 0.3) is 0 Å². The van der Waals surface area contributed by atoms with Crippen molar-refractivity contribution in [2.24, 2.45) is 5.73 Å². The minimum Gasteiger partial charge on any atom is -0.366 e. The standard InChI is InChI=1S/C14H22BrN3/c1-17-9-4-10-18(12(11-17)7-8-16)14-6-3-2-5-13(14)15/h2-3,5-6,12H,4,7-11,16H2,1H3. The molecule has 1 fully saturated rings. The summed E-state index contributed by atoms with van der Waals surface area (Å²) in [5.41, 5.74) is 7.07. The average Bonchev–Trinajstić information content (AvgIpc) is 2.52. The van der Waals surface area contributed by atoms with Crippen molar-refractivity contribution >= 4 is 21.6 Å². The van der Waals surface area contributed by atoms with Crippen LogP contribution in [0.15, 0.2) is 28.7 Å². The Kier molecular flexibility index (Phi) is 5.03. The van der Waals surface area contributed by atoms with Crippen LogP contribution in [0, 0.1) is 0 Å². The summed E-state index contributed by atoms with van der Waals surface area (Å²) in [7, 11) is 2.20. The first-order chi connectivity index (χ1) is 8.72. The topological polar surface area (TPSA) is 32.5 Å². The van der Waals surface area contributed by atoms with E-state index < -0.39 is 0 Å². The van der Waals surface area contributed by atoms with Gasteiger partial charge in [0.05, 0.1) is 5.69 Å². The monoisotopic (exact) mass is 311 g/mol. The lowest BCUT2D eigenvalue weighted by atomic mass is 10.1. The van der Waals surface area contributed by atoms with Gasteiger partial charge in [-0.2, -0.15) is 0 Å². The number of nitrogens with zero attached hydrogens (tertiary/aromatic N) is 2. The Morgan fingerprint density at radius 1 is 1.33 bits per heavy atom. The zero-order valence-corrected chi connectivity index (χ0v) is 12.6. The molecule has 1 atom stereocenters. The molecule has 1 unspecified atom stereocenters. The van der Waals surface area contributed by atoms with Crippen LogP contribution in [0.2, 0.25) is 0 Å². The highest BCUT2D eigenvalue weighted by atomic mass is 79.9. The first-order valence-corrected chi connectivity index (χ1v) is 7.41. The van der Waals surface area contributed by atoms with Gasteiger partial charge < -0.3 is 15.5 Å². The summed E-state index contributed by atoms with van der Waals surface area (Å²) in [6.07, 6.45) is 2.25. The van der Waals surface area contributed by atoms with Gasteiger partial charge in [-0.25, -0.2) is 0 Å². The third-order valence-corrected chi connectivity index (χ3v) is 4.23. The molecule has 0 radical (unpaired) electrons. The lowest BCUT2D eigenvalue weighted by Gasteiger charge is -2.33. The molecular formula is C14H22BrN3. The smallest absolute Gasteiger partial charge is 0.0513 e. The van der Waals surface area contributed by atoms with Crippen molar-refractivity contribution in [1.82, 2.24) is 4.90 Å². The van der Waals surface area contributed by atoms with Crippen LogP contribution < -0.4 is 10.6 Å². The fraction of sp³-hybridized carbons (Fsp3) is 0.571. The summed E-state index contributed by atoms with van der Waals surface area (Å²) in [6.45, 7) is 4.12. The maximum Gasteiger partial charge on any atom is 0.0513 e. The van der Waals surface area contributed by atoms with Gasteiger partial charge in [-0.05, 0) is 61.0 Å². The number of likely N-dealkylation sites (N-methyl/N-ethyl adjacent to an activating group) is 1. The highest BCUT2D eigenvalue weighted by Gasteiger charge is 2.24. The van der Waals surface area contributed by atoms with Crippen molar-refractivity contribution in [2.75, 3.05) is 38.1 Å². The van der Waals surface area contributed by atoms with Crippen LogP contribution >= 0.6 is 15.9 Å². The van der Waals surface area contributed by atoms with Crippen LogP contribution in [0.4, 0.5) is 5.69 Å². The summed E-state index contributed by atoms with van der Waals surface area (Å²) < 4.78 is 1.18. The summed E-state index contributed by atoms with van der Waals surface area (Å²) >= 11 is 3.66. The Balaban J connectivity index is 2.24. The number of hydrogen-bond acceptors (Lipinski definition) is 3. The van der Waals surface area contributed by atoms with Gasteiger partial charge in [0.1, 0.15) is 0 Å². The van der Waals surface area contributed by atoms with Crippen LogP contribution in [0.5, 0.6) is 0 Å². The largest absolute Gasteiger partial charge is 0.366 e. The Labute approximate surface area is 118 Å². The minimum absolute atomic E-state index is 0.515. The van der Waals surface area contributed by atoms with Crippen LogP contribution in [-0.2, 0) is 0 Å². The molecule has 2 rings (SSSR count). The van der Waals surface area contributed by atoms with E-state index in [0.29, 0.717) is 6.04 Å². The van der Waals surface area contributed by atoms with Gasteiger partial charge in [-0.15, -0.1) is 0 Å². The maximum atomic E-state index is 5.78. The molecule has 1 saturated heterocycles. The van der Waals surface area contributed by atoms with Crippen molar-refractivity contribution in [2.45, 2.75) is 18.9 Å². The number of benzene rings is 1. The lowest BCUT2D eigenvalue weighted by Crippen LogP contribution is -2.41. The minimum atomic E-state index is 0.515. The molecule has 2 N–H and O–H groups in total. The van der Waals surface area contributed by atoms with E-state index in [9.17, 15) is 0 Å². The molecule has 1 aromatic carbocycles. The molecule has 4 heteroatoms. The third kappa shape index (κ3) is 3.25. The molecule has 1 aliphatic heterocycles. The maximum absolute atomic E-state index is 5.78. The molecule has 0 bridgehead atoms. The molecular weight excluding hydrogens is 290 g/mol. The first kappa shape index (κ1) is 13.8. The molecule has 1 aliphatic rings. The van der Waals surface area contributed by atoms with Crippen molar-refractivity contribution in [3.63, 3.8) is 0 Å². The van der Waals surface area contributed by atoms with Crippen LogP contribution in [-0.4, -0.2) is 44.2 Å². The van der Waals surface area contributed by atoms with E-state index in [1.165, 1.54) is 23.1 Å². The quantitative estimate of drug-likeness (QED) is 0.930. The number of anilines is 1. The van der Waals surface area contributed by atoms with E-state index in [0.717, 1.165) is 26.1 Å². The van der Waals surface area contributed by atoms with Crippen molar-refractivity contribution in [3.05, 3.63) is 28.7 Å². The van der Waals surface area contributed by atoms with Gasteiger partial charge in [0.2, 0.25) is 0 Å². The summed E-state index contributed by atoms with van der Waals surface area (Å²) in [6, 6.07) is 8.99. The van der Waals surface area contributed by atoms with Gasteiger partial charge in [0.15, 0.2) is 0 Å². The molecule has 18 heavy (non-hydrogen) atoms. The summed E-state index contributed by atoms with van der Waals surface area (Å²) in [4.78, 5) is 4.93. The van der Waals surface area contributed by atoms with E-state index in [1.807, 2.05) is 0 Å². The molecule has 0 spiro atoms. The Bertz CT molecular complexity index is 383. The molecule has 1 aromatic rings. The number of para-hydroxylation sites is 1. The third-order valence-electron chi connectivity index (χ3n) is 3.56. The summed E-state index contributed by atoms with van der Waals surface area (Å²) in [5, 5.41) is 0. The second-order valence-electron chi connectivity index (χ2n) is 4.99. The fourth-order valence-electron chi connectivity index (χ4n) is 2.68. The number of rotatable bonds is 3. The SMILES string of the molecule is CN1CCCN(c2ccccc2Br)C(CCN)C1. The van der Waals surface area contributed by atoms with Crippen molar-refractivity contribution < 1.29 is 0 Å². The second-order valence-corrected chi connectivity index (χ2v) is 5.85. The molecule has 3 nitrogen and oxygen atoms in total. The van der Waals surface area contributed by atoms with Crippen molar-refractivity contribution in [3.8, 4) is 0 Å². The average molecular weight is 312 g/mol. The number of halogens is 1. The normalized spacial score (nSPS) is 21.9. The molecule has 0 aliphatic carbocycles. The molecule has 1 heterocycles.